The lowest BCUT2D eigenvalue weighted by Gasteiger charge is -2.25. The Morgan fingerprint density at radius 1 is 1.30 bits per heavy atom. The van der Waals surface area contributed by atoms with Gasteiger partial charge in [0.05, 0.1) is 10.5 Å². The summed E-state index contributed by atoms with van der Waals surface area (Å²) in [5, 5.41) is 9.00. The molecule has 0 aliphatic rings. The molecule has 0 fully saturated rings. The van der Waals surface area contributed by atoms with Crippen molar-refractivity contribution in [2.45, 2.75) is 51.0 Å². The fourth-order valence-corrected chi connectivity index (χ4v) is 3.54. The lowest BCUT2D eigenvalue weighted by Crippen LogP contribution is -2.43. The number of aromatic carboxylic acids is 1. The smallest absolute Gasteiger partial charge is 0.335 e. The Balaban J connectivity index is 3.36. The molecule has 1 aromatic rings. The second-order valence-electron chi connectivity index (χ2n) is 5.32. The number of rotatable bonds is 6. The molecule has 20 heavy (non-hydrogen) atoms. The molecular formula is C14H21NO4S. The molecule has 1 aromatic carbocycles. The number of carboxylic acid groups (broad SMARTS) is 1. The Morgan fingerprint density at radius 3 is 2.35 bits per heavy atom. The molecule has 0 atom stereocenters. The third-order valence-electron chi connectivity index (χ3n) is 3.28. The molecule has 0 spiro atoms. The van der Waals surface area contributed by atoms with Crippen molar-refractivity contribution >= 4 is 16.0 Å². The van der Waals surface area contributed by atoms with Gasteiger partial charge in [0, 0.05) is 5.54 Å². The van der Waals surface area contributed by atoms with Crippen molar-refractivity contribution in [2.75, 3.05) is 0 Å². The first-order chi connectivity index (χ1) is 9.13. The molecule has 0 bridgehead atoms. The molecule has 0 heterocycles. The predicted octanol–water partition coefficient (Wildman–Crippen LogP) is 2.41. The van der Waals surface area contributed by atoms with E-state index in [0.29, 0.717) is 18.4 Å². The summed E-state index contributed by atoms with van der Waals surface area (Å²) < 4.78 is 27.5. The van der Waals surface area contributed by atoms with Crippen LogP contribution in [0.3, 0.4) is 0 Å². The number of carbonyl (C=O) groups is 1. The van der Waals surface area contributed by atoms with Gasteiger partial charge in [0.1, 0.15) is 0 Å². The summed E-state index contributed by atoms with van der Waals surface area (Å²) in [6, 6.07) is 4.19. The van der Waals surface area contributed by atoms with Gasteiger partial charge in [0.15, 0.2) is 0 Å². The first kappa shape index (κ1) is 16.7. The van der Waals surface area contributed by atoms with Gasteiger partial charge in [-0.15, -0.1) is 0 Å². The summed E-state index contributed by atoms with van der Waals surface area (Å²) in [5.41, 5.74) is -0.00502. The Kier molecular flexibility index (Phi) is 4.94. The number of hydrogen-bond acceptors (Lipinski definition) is 3. The van der Waals surface area contributed by atoms with Crippen LogP contribution in [-0.4, -0.2) is 25.0 Å². The number of carboxylic acids is 1. The Morgan fingerprint density at radius 2 is 1.90 bits per heavy atom. The van der Waals surface area contributed by atoms with Crippen LogP contribution in [0, 0.1) is 0 Å². The molecule has 112 valence electrons. The van der Waals surface area contributed by atoms with Crippen LogP contribution < -0.4 is 4.72 Å². The second kappa shape index (κ2) is 5.93. The van der Waals surface area contributed by atoms with E-state index in [0.717, 1.165) is 0 Å². The van der Waals surface area contributed by atoms with Crippen LogP contribution in [-0.2, 0) is 16.4 Å². The Bertz CT molecular complexity index is 606. The third kappa shape index (κ3) is 3.80. The van der Waals surface area contributed by atoms with Gasteiger partial charge >= 0.3 is 5.97 Å². The SMILES string of the molecule is CCc1ccc(C(=O)O)cc1S(=O)(=O)NC(C)(C)CC. The van der Waals surface area contributed by atoms with Crippen LogP contribution >= 0.6 is 0 Å². The van der Waals surface area contributed by atoms with Gasteiger partial charge in [0.2, 0.25) is 10.0 Å². The number of hydrogen-bond donors (Lipinski definition) is 2. The summed E-state index contributed by atoms with van der Waals surface area (Å²) in [7, 11) is -3.74. The maximum absolute atomic E-state index is 12.5. The minimum absolute atomic E-state index is 0.0307. The highest BCUT2D eigenvalue weighted by atomic mass is 32.2. The molecule has 0 amide bonds. The van der Waals surface area contributed by atoms with Crippen LogP contribution in [0.4, 0.5) is 0 Å². The maximum atomic E-state index is 12.5. The van der Waals surface area contributed by atoms with Gasteiger partial charge in [-0.1, -0.05) is 19.9 Å². The maximum Gasteiger partial charge on any atom is 0.335 e. The minimum atomic E-state index is -3.74. The van der Waals surface area contributed by atoms with Gasteiger partial charge in [-0.05, 0) is 44.4 Å². The fourth-order valence-electron chi connectivity index (χ4n) is 1.72. The first-order valence-corrected chi connectivity index (χ1v) is 8.01. The van der Waals surface area contributed by atoms with Crippen LogP contribution in [0.25, 0.3) is 0 Å². The molecule has 0 aliphatic carbocycles. The van der Waals surface area contributed by atoms with E-state index in [-0.39, 0.29) is 10.5 Å². The standard InChI is InChI=1S/C14H21NO4S/c1-5-10-7-8-11(13(16)17)9-12(10)20(18,19)15-14(3,4)6-2/h7-9,15H,5-6H2,1-4H3,(H,16,17). The van der Waals surface area contributed by atoms with Crippen molar-refractivity contribution < 1.29 is 18.3 Å². The van der Waals surface area contributed by atoms with Crippen molar-refractivity contribution in [3.05, 3.63) is 29.3 Å². The lowest BCUT2D eigenvalue weighted by atomic mass is 10.0. The second-order valence-corrected chi connectivity index (χ2v) is 6.97. The zero-order chi connectivity index (χ0) is 15.6. The molecule has 0 saturated heterocycles. The minimum Gasteiger partial charge on any atom is -0.478 e. The fraction of sp³-hybridized carbons (Fsp3) is 0.500. The molecule has 6 heteroatoms. The zero-order valence-corrected chi connectivity index (χ0v) is 13.0. The molecule has 2 N–H and O–H groups in total. The summed E-state index contributed by atoms with van der Waals surface area (Å²) in [6.45, 7) is 7.30. The largest absolute Gasteiger partial charge is 0.478 e. The number of sulfonamides is 1. The van der Waals surface area contributed by atoms with Gasteiger partial charge < -0.3 is 5.11 Å². The highest BCUT2D eigenvalue weighted by Crippen LogP contribution is 2.21. The molecule has 0 aliphatic heterocycles. The van der Waals surface area contributed by atoms with E-state index in [9.17, 15) is 13.2 Å². The number of benzene rings is 1. The summed E-state index contributed by atoms with van der Waals surface area (Å²) in [5.74, 6) is -1.14. The van der Waals surface area contributed by atoms with Crippen molar-refractivity contribution in [2.24, 2.45) is 0 Å². The van der Waals surface area contributed by atoms with Gasteiger partial charge in [-0.25, -0.2) is 17.9 Å². The first-order valence-electron chi connectivity index (χ1n) is 6.53. The Hall–Kier alpha value is -1.40. The van der Waals surface area contributed by atoms with Crippen LogP contribution in [0.1, 0.15) is 50.0 Å². The molecule has 0 radical (unpaired) electrons. The highest BCUT2D eigenvalue weighted by molar-refractivity contribution is 7.89. The van der Waals surface area contributed by atoms with Crippen molar-refractivity contribution in [3.8, 4) is 0 Å². The van der Waals surface area contributed by atoms with E-state index in [1.165, 1.54) is 12.1 Å². The highest BCUT2D eigenvalue weighted by Gasteiger charge is 2.27. The van der Waals surface area contributed by atoms with Crippen molar-refractivity contribution in [3.63, 3.8) is 0 Å². The van der Waals surface area contributed by atoms with Crippen molar-refractivity contribution in [1.29, 1.82) is 0 Å². The monoisotopic (exact) mass is 299 g/mol. The van der Waals surface area contributed by atoms with E-state index < -0.39 is 21.5 Å². The molecular weight excluding hydrogens is 278 g/mol. The average molecular weight is 299 g/mol. The van der Waals surface area contributed by atoms with Crippen LogP contribution in [0.15, 0.2) is 23.1 Å². The quantitative estimate of drug-likeness (QED) is 0.845. The van der Waals surface area contributed by atoms with E-state index in [4.69, 9.17) is 5.11 Å². The van der Waals surface area contributed by atoms with E-state index in [2.05, 4.69) is 4.72 Å². The van der Waals surface area contributed by atoms with Gasteiger partial charge in [-0.3, -0.25) is 0 Å². The molecule has 5 nitrogen and oxygen atoms in total. The van der Waals surface area contributed by atoms with Crippen LogP contribution in [0.2, 0.25) is 0 Å². The lowest BCUT2D eigenvalue weighted by molar-refractivity contribution is 0.0696. The molecule has 0 saturated carbocycles. The van der Waals surface area contributed by atoms with Gasteiger partial charge in [0.25, 0.3) is 0 Å². The van der Waals surface area contributed by atoms with Gasteiger partial charge in [-0.2, -0.15) is 0 Å². The van der Waals surface area contributed by atoms with Crippen LogP contribution in [0.5, 0.6) is 0 Å². The normalized spacial score (nSPS) is 12.4. The topological polar surface area (TPSA) is 83.5 Å². The summed E-state index contributed by atoms with van der Waals surface area (Å²) >= 11 is 0. The third-order valence-corrected chi connectivity index (χ3v) is 5.06. The number of aryl methyl sites for hydroxylation is 1. The average Bonchev–Trinajstić information content (AvgIpc) is 2.36. The molecule has 0 aromatic heterocycles. The summed E-state index contributed by atoms with van der Waals surface area (Å²) in [4.78, 5) is 11.0. The van der Waals surface area contributed by atoms with Crippen molar-refractivity contribution in [1.82, 2.24) is 4.72 Å². The van der Waals surface area contributed by atoms with E-state index in [1.54, 1.807) is 19.9 Å². The molecule has 1 rings (SSSR count). The van der Waals surface area contributed by atoms with E-state index in [1.807, 2.05) is 13.8 Å². The summed E-state index contributed by atoms with van der Waals surface area (Å²) in [6.07, 6.45) is 1.15. The zero-order valence-electron chi connectivity index (χ0n) is 12.2. The predicted molar refractivity (Wildman–Crippen MR) is 77.5 cm³/mol. The Labute approximate surface area is 120 Å². The number of nitrogens with one attached hydrogen (secondary N) is 1. The van der Waals surface area contributed by atoms with E-state index >= 15 is 0 Å². The molecule has 0 unspecified atom stereocenters.